The van der Waals surface area contributed by atoms with Crippen molar-refractivity contribution in [1.82, 2.24) is 0 Å². The molecule has 1 aliphatic rings. The van der Waals surface area contributed by atoms with Crippen LogP contribution < -0.4 is 0 Å². The zero-order valence-electron chi connectivity index (χ0n) is 5.26. The molecule has 0 radical (unpaired) electrons. The molecule has 3 nitrogen and oxygen atoms in total. The van der Waals surface area contributed by atoms with E-state index in [9.17, 15) is 0 Å². The Hall–Kier alpha value is 0.612. The van der Waals surface area contributed by atoms with Crippen molar-refractivity contribution >= 4 is 0 Å². The topological polar surface area (TPSA) is 43.4 Å². The Balaban J connectivity index is 0.000000187. The van der Waals surface area contributed by atoms with Gasteiger partial charge in [-0.05, 0) is 19.3 Å². The summed E-state index contributed by atoms with van der Waals surface area (Å²) in [5, 5.41) is 0. The third-order valence-electron chi connectivity index (χ3n) is 1.08. The molecule has 0 bridgehead atoms. The van der Waals surface area contributed by atoms with Gasteiger partial charge < -0.3 is 4.74 Å². The fourth-order valence-electron chi connectivity index (χ4n) is 0.687. The third kappa shape index (κ3) is 8.61. The van der Waals surface area contributed by atoms with Gasteiger partial charge in [0.25, 0.3) is 0 Å². The molecule has 0 saturated carbocycles. The average molecular weight is 356 g/mol. The summed E-state index contributed by atoms with van der Waals surface area (Å²) in [6, 6.07) is 0. The molecule has 0 aromatic rings. The van der Waals surface area contributed by atoms with Crippen LogP contribution in [-0.2, 0) is 9.21 Å². The second-order valence-corrected chi connectivity index (χ2v) is 2.45. The van der Waals surface area contributed by atoms with Crippen LogP contribution in [0.3, 0.4) is 0 Å². The minimum absolute atomic E-state index is 1.00. The maximum absolute atomic E-state index is 8.58. The molecule has 0 aromatic carbocycles. The van der Waals surface area contributed by atoms with Crippen molar-refractivity contribution in [3.05, 3.63) is 0 Å². The minimum atomic E-state index is -2.51. The van der Waals surface area contributed by atoms with E-state index in [0.29, 0.717) is 0 Å². The van der Waals surface area contributed by atoms with Crippen LogP contribution in [0.15, 0.2) is 0 Å². The van der Waals surface area contributed by atoms with Gasteiger partial charge >= 0.3 is 32.3 Å². The number of ether oxygens (including phenoxy) is 1. The molecule has 0 spiro atoms. The summed E-state index contributed by atoms with van der Waals surface area (Å²) in [5.41, 5.74) is 0. The van der Waals surface area contributed by atoms with E-state index >= 15 is 0 Å². The Morgan fingerprint density at radius 3 is 1.56 bits per heavy atom. The van der Waals surface area contributed by atoms with Crippen LogP contribution in [0.2, 0.25) is 0 Å². The molecule has 52 valence electrons. The van der Waals surface area contributed by atoms with Crippen molar-refractivity contribution in [3.63, 3.8) is 0 Å². The zero-order valence-corrected chi connectivity index (χ0v) is 9.42. The standard InChI is InChI=1S/C5H10O.2O.U/c1-2-4-6-5-3-1;;;/h1-5H2;;;. The third-order valence-corrected chi connectivity index (χ3v) is 1.08. The molecule has 0 amide bonds. The first-order chi connectivity index (χ1) is 4.41. The monoisotopic (exact) mass is 356 g/mol. The van der Waals surface area contributed by atoms with Crippen molar-refractivity contribution in [2.45, 2.75) is 19.3 Å². The van der Waals surface area contributed by atoms with Crippen LogP contribution in [0.5, 0.6) is 0 Å². The fourth-order valence-corrected chi connectivity index (χ4v) is 0.687. The summed E-state index contributed by atoms with van der Waals surface area (Å²) >= 11 is -2.51. The Labute approximate surface area is 69.4 Å². The molecule has 0 N–H and O–H groups in total. The van der Waals surface area contributed by atoms with Gasteiger partial charge in [-0.3, -0.25) is 0 Å². The molecule has 1 fully saturated rings. The molecular formula is C5H10O3U. The van der Waals surface area contributed by atoms with E-state index < -0.39 is 27.8 Å². The average Bonchev–Trinajstić information content (AvgIpc) is 1.93. The first-order valence-corrected chi connectivity index (χ1v) is 6.39. The number of hydrogen-bond donors (Lipinski definition) is 0. The van der Waals surface area contributed by atoms with Gasteiger partial charge in [0, 0.05) is 13.2 Å². The molecule has 0 aliphatic carbocycles. The first kappa shape index (κ1) is 9.61. The molecule has 0 atom stereocenters. The quantitative estimate of drug-likeness (QED) is 0.649. The molecule has 1 heterocycles. The SMILES string of the molecule is C1CCOCC1.[O]=[U]=[O]. The van der Waals surface area contributed by atoms with E-state index in [1.807, 2.05) is 0 Å². The van der Waals surface area contributed by atoms with Gasteiger partial charge in [-0.15, -0.1) is 0 Å². The van der Waals surface area contributed by atoms with E-state index in [1.54, 1.807) is 0 Å². The number of hydrogen-bond acceptors (Lipinski definition) is 3. The normalized spacial score (nSPS) is 16.9. The van der Waals surface area contributed by atoms with Crippen LogP contribution in [-0.4, -0.2) is 13.2 Å². The maximum atomic E-state index is 8.58. The second kappa shape index (κ2) is 8.61. The van der Waals surface area contributed by atoms with Crippen molar-refractivity contribution in [2.24, 2.45) is 0 Å². The Bertz CT molecular complexity index is 72.7. The van der Waals surface area contributed by atoms with Crippen molar-refractivity contribution in [3.8, 4) is 0 Å². The van der Waals surface area contributed by atoms with Gasteiger partial charge in [-0.1, -0.05) is 0 Å². The van der Waals surface area contributed by atoms with Gasteiger partial charge in [0.05, 0.1) is 0 Å². The molecule has 9 heavy (non-hydrogen) atoms. The summed E-state index contributed by atoms with van der Waals surface area (Å²) in [7, 11) is 0. The molecule has 1 saturated heterocycles. The summed E-state index contributed by atoms with van der Waals surface area (Å²) < 4.78 is 22.2. The molecule has 1 rings (SSSR count). The predicted octanol–water partition coefficient (Wildman–Crippen LogP) is 0.949. The van der Waals surface area contributed by atoms with Crippen molar-refractivity contribution < 1.29 is 37.0 Å². The van der Waals surface area contributed by atoms with E-state index in [0.717, 1.165) is 13.2 Å². The van der Waals surface area contributed by atoms with Crippen LogP contribution in [0.4, 0.5) is 0 Å². The second-order valence-electron chi connectivity index (χ2n) is 1.76. The predicted molar refractivity (Wildman–Crippen MR) is 26.0 cm³/mol. The van der Waals surface area contributed by atoms with Crippen LogP contribution in [0.1, 0.15) is 19.3 Å². The van der Waals surface area contributed by atoms with E-state index in [4.69, 9.17) is 9.21 Å². The molecule has 1 aliphatic heterocycles. The van der Waals surface area contributed by atoms with E-state index in [2.05, 4.69) is 0 Å². The van der Waals surface area contributed by atoms with Gasteiger partial charge in [-0.25, -0.2) is 0 Å². The van der Waals surface area contributed by atoms with Gasteiger partial charge in [0.15, 0.2) is 0 Å². The molecule has 0 unspecified atom stereocenters. The van der Waals surface area contributed by atoms with E-state index in [1.165, 1.54) is 19.3 Å². The number of rotatable bonds is 0. The Kier molecular flexibility index (Phi) is 9.20. The van der Waals surface area contributed by atoms with Crippen LogP contribution in [0, 0.1) is 27.8 Å². The summed E-state index contributed by atoms with van der Waals surface area (Å²) in [6.07, 6.45) is 3.93. The van der Waals surface area contributed by atoms with Crippen LogP contribution in [0.25, 0.3) is 0 Å². The van der Waals surface area contributed by atoms with Gasteiger partial charge in [0.2, 0.25) is 0 Å². The van der Waals surface area contributed by atoms with Crippen molar-refractivity contribution in [2.75, 3.05) is 13.2 Å². The summed E-state index contributed by atoms with van der Waals surface area (Å²) in [5.74, 6) is 0. The fraction of sp³-hybridized carbons (Fsp3) is 1.00. The van der Waals surface area contributed by atoms with Gasteiger partial charge in [0.1, 0.15) is 0 Å². The molecule has 4 heteroatoms. The molecule has 0 aromatic heterocycles. The summed E-state index contributed by atoms with van der Waals surface area (Å²) in [4.78, 5) is 0. The van der Waals surface area contributed by atoms with Gasteiger partial charge in [-0.2, -0.15) is 0 Å². The summed E-state index contributed by atoms with van der Waals surface area (Å²) in [6.45, 7) is 2.00. The Morgan fingerprint density at radius 1 is 1.00 bits per heavy atom. The van der Waals surface area contributed by atoms with Crippen LogP contribution >= 0.6 is 0 Å². The van der Waals surface area contributed by atoms with E-state index in [-0.39, 0.29) is 0 Å². The molecular weight excluding hydrogens is 346 g/mol. The van der Waals surface area contributed by atoms with Crippen molar-refractivity contribution in [1.29, 1.82) is 0 Å². The Morgan fingerprint density at radius 2 is 1.44 bits per heavy atom. The zero-order chi connectivity index (χ0) is 6.95. The first-order valence-electron chi connectivity index (χ1n) is 2.99.